The van der Waals surface area contributed by atoms with Gasteiger partial charge in [-0.2, -0.15) is 5.10 Å². The number of pyridine rings is 1. The number of benzene rings is 1. The Morgan fingerprint density at radius 1 is 1.29 bits per heavy atom. The smallest absolute Gasteiger partial charge is 0.216 e. The molecule has 146 valence electrons. The van der Waals surface area contributed by atoms with Crippen molar-refractivity contribution in [3.63, 3.8) is 0 Å². The molecule has 1 aliphatic rings. The Morgan fingerprint density at radius 3 is 2.89 bits per heavy atom. The summed E-state index contributed by atoms with van der Waals surface area (Å²) >= 11 is 0. The van der Waals surface area contributed by atoms with Crippen LogP contribution in [0, 0.1) is 5.82 Å². The molecule has 0 radical (unpaired) electrons. The van der Waals surface area contributed by atoms with Gasteiger partial charge >= 0.3 is 0 Å². The highest BCUT2D eigenvalue weighted by atomic mass is 19.1. The van der Waals surface area contributed by atoms with Gasteiger partial charge < -0.3 is 5.32 Å². The number of amides is 1. The van der Waals surface area contributed by atoms with E-state index in [1.807, 2.05) is 22.9 Å². The predicted molar refractivity (Wildman–Crippen MR) is 105 cm³/mol. The normalized spacial score (nSPS) is 17.3. The number of carbonyl (C=O) groups excluding carboxylic acids is 1. The van der Waals surface area contributed by atoms with Crippen molar-refractivity contribution in [2.45, 2.75) is 32.4 Å². The van der Waals surface area contributed by atoms with Gasteiger partial charge in [0.05, 0.1) is 12.2 Å². The molecule has 1 saturated heterocycles. The van der Waals surface area contributed by atoms with Crippen molar-refractivity contribution in [2.75, 3.05) is 19.6 Å². The Morgan fingerprint density at radius 2 is 2.11 bits per heavy atom. The molecule has 0 unspecified atom stereocenters. The van der Waals surface area contributed by atoms with Crippen LogP contribution in [-0.2, 0) is 17.9 Å². The van der Waals surface area contributed by atoms with Crippen LogP contribution in [0.2, 0.25) is 0 Å². The molecule has 0 bridgehead atoms. The first kappa shape index (κ1) is 18.6. The molecular weight excluding hydrogens is 357 g/mol. The van der Waals surface area contributed by atoms with Crippen molar-refractivity contribution >= 4 is 16.9 Å². The molecule has 3 aromatic rings. The fourth-order valence-corrected chi connectivity index (χ4v) is 3.88. The number of hydrogen-bond acceptors (Lipinski definition) is 4. The highest BCUT2D eigenvalue weighted by molar-refractivity contribution is 5.79. The molecular formula is C21H24FN5O. The number of fused-ring (bicyclic) bond motifs is 1. The van der Waals surface area contributed by atoms with Crippen molar-refractivity contribution in [1.29, 1.82) is 0 Å². The van der Waals surface area contributed by atoms with Crippen LogP contribution in [0.15, 0.2) is 42.6 Å². The maximum atomic E-state index is 13.1. The van der Waals surface area contributed by atoms with Gasteiger partial charge in [-0.25, -0.2) is 14.1 Å². The van der Waals surface area contributed by atoms with Crippen molar-refractivity contribution < 1.29 is 9.18 Å². The Hall–Kier alpha value is -2.80. The number of hydrogen-bond donors (Lipinski definition) is 1. The molecule has 7 heteroatoms. The zero-order valence-corrected chi connectivity index (χ0v) is 15.9. The van der Waals surface area contributed by atoms with E-state index in [2.05, 4.69) is 21.3 Å². The number of nitrogens with zero attached hydrogens (tertiary/aromatic N) is 4. The summed E-state index contributed by atoms with van der Waals surface area (Å²) in [5.74, 6) is 0.0952. The molecule has 4 rings (SSSR count). The van der Waals surface area contributed by atoms with Crippen LogP contribution in [0.5, 0.6) is 0 Å². The van der Waals surface area contributed by atoms with Crippen molar-refractivity contribution in [3.05, 3.63) is 59.7 Å². The molecule has 0 spiro atoms. The lowest BCUT2D eigenvalue weighted by Crippen LogP contribution is -2.25. The first-order valence-electron chi connectivity index (χ1n) is 9.63. The lowest BCUT2D eigenvalue weighted by atomic mass is 10.0. The zero-order chi connectivity index (χ0) is 19.5. The van der Waals surface area contributed by atoms with Gasteiger partial charge in [-0.1, -0.05) is 12.1 Å². The monoisotopic (exact) mass is 381 g/mol. The van der Waals surface area contributed by atoms with Gasteiger partial charge in [0, 0.05) is 44.1 Å². The average molecular weight is 381 g/mol. The van der Waals surface area contributed by atoms with Crippen LogP contribution in [0.3, 0.4) is 0 Å². The Bertz CT molecular complexity index is 969. The summed E-state index contributed by atoms with van der Waals surface area (Å²) in [6.45, 7) is 5.37. The minimum atomic E-state index is -0.202. The third-order valence-corrected chi connectivity index (χ3v) is 5.21. The Labute approximate surface area is 163 Å². The zero-order valence-electron chi connectivity index (χ0n) is 15.9. The summed E-state index contributed by atoms with van der Waals surface area (Å²) < 4.78 is 15.0. The Kier molecular flexibility index (Phi) is 5.34. The van der Waals surface area contributed by atoms with Crippen molar-refractivity contribution in [3.8, 4) is 0 Å². The van der Waals surface area contributed by atoms with Gasteiger partial charge in [-0.3, -0.25) is 9.69 Å². The topological polar surface area (TPSA) is 63.1 Å². The lowest BCUT2D eigenvalue weighted by Gasteiger charge is -2.15. The molecule has 2 aromatic heterocycles. The first-order chi connectivity index (χ1) is 13.6. The summed E-state index contributed by atoms with van der Waals surface area (Å²) in [5.41, 5.74) is 3.06. The van der Waals surface area contributed by atoms with E-state index in [0.29, 0.717) is 19.0 Å². The summed E-state index contributed by atoms with van der Waals surface area (Å²) in [4.78, 5) is 18.0. The van der Waals surface area contributed by atoms with E-state index in [1.54, 1.807) is 6.20 Å². The largest absolute Gasteiger partial charge is 0.354 e. The number of aromatic nitrogens is 3. The fourth-order valence-electron chi connectivity index (χ4n) is 3.88. The van der Waals surface area contributed by atoms with E-state index < -0.39 is 0 Å². The fraction of sp³-hybridized carbons (Fsp3) is 0.381. The molecule has 0 saturated carbocycles. The molecule has 1 aliphatic heterocycles. The maximum Gasteiger partial charge on any atom is 0.216 e. The SMILES string of the molecule is CC(=O)NCCn1nc([C@H]2CCN(Cc3ccc(F)cc3)C2)c2cccnc21. The van der Waals surface area contributed by atoms with Crippen LogP contribution in [0.4, 0.5) is 4.39 Å². The van der Waals surface area contributed by atoms with Crippen LogP contribution >= 0.6 is 0 Å². The molecule has 6 nitrogen and oxygen atoms in total. The first-order valence-corrected chi connectivity index (χ1v) is 9.63. The minimum Gasteiger partial charge on any atom is -0.354 e. The van der Waals surface area contributed by atoms with Crippen LogP contribution in [-0.4, -0.2) is 45.2 Å². The minimum absolute atomic E-state index is 0.0446. The van der Waals surface area contributed by atoms with Gasteiger partial charge in [0.25, 0.3) is 0 Å². The number of likely N-dealkylation sites (tertiary alicyclic amines) is 1. The van der Waals surface area contributed by atoms with E-state index in [0.717, 1.165) is 48.3 Å². The molecule has 1 atom stereocenters. The summed E-state index contributed by atoms with van der Waals surface area (Å²) in [6, 6.07) is 10.7. The van der Waals surface area contributed by atoms with Crippen LogP contribution in [0.1, 0.15) is 30.5 Å². The van der Waals surface area contributed by atoms with Crippen molar-refractivity contribution in [2.24, 2.45) is 0 Å². The number of halogens is 1. The number of carbonyl (C=O) groups is 1. The number of nitrogens with one attached hydrogen (secondary N) is 1. The molecule has 1 amide bonds. The lowest BCUT2D eigenvalue weighted by molar-refractivity contribution is -0.118. The van der Waals surface area contributed by atoms with Gasteiger partial charge in [-0.15, -0.1) is 0 Å². The quantitative estimate of drug-likeness (QED) is 0.713. The van der Waals surface area contributed by atoms with E-state index in [1.165, 1.54) is 19.1 Å². The van der Waals surface area contributed by atoms with Gasteiger partial charge in [0.1, 0.15) is 5.82 Å². The molecule has 28 heavy (non-hydrogen) atoms. The van der Waals surface area contributed by atoms with Gasteiger partial charge in [0.2, 0.25) is 5.91 Å². The third kappa shape index (κ3) is 4.04. The summed E-state index contributed by atoms with van der Waals surface area (Å²) in [5, 5.41) is 8.74. The average Bonchev–Trinajstić information content (AvgIpc) is 3.28. The van der Waals surface area contributed by atoms with E-state index >= 15 is 0 Å². The van der Waals surface area contributed by atoms with E-state index in [9.17, 15) is 9.18 Å². The second-order valence-electron chi connectivity index (χ2n) is 7.31. The second kappa shape index (κ2) is 8.06. The van der Waals surface area contributed by atoms with E-state index in [4.69, 9.17) is 5.10 Å². The second-order valence-corrected chi connectivity index (χ2v) is 7.31. The Balaban J connectivity index is 1.49. The van der Waals surface area contributed by atoms with Crippen LogP contribution in [0.25, 0.3) is 11.0 Å². The van der Waals surface area contributed by atoms with Crippen LogP contribution < -0.4 is 5.32 Å². The molecule has 1 fully saturated rings. The number of rotatable bonds is 6. The standard InChI is InChI=1S/C21H24FN5O/c1-15(28)23-10-12-27-21-19(3-2-9-24-21)20(25-27)17-8-11-26(14-17)13-16-4-6-18(22)7-5-16/h2-7,9,17H,8,10-14H2,1H3,(H,23,28)/t17-/m0/s1. The van der Waals surface area contributed by atoms with Crippen molar-refractivity contribution in [1.82, 2.24) is 25.0 Å². The highest BCUT2D eigenvalue weighted by Gasteiger charge is 2.28. The molecule has 3 heterocycles. The molecule has 1 aromatic carbocycles. The molecule has 0 aliphatic carbocycles. The summed E-state index contributed by atoms with van der Waals surface area (Å²) in [6.07, 6.45) is 2.81. The van der Waals surface area contributed by atoms with E-state index in [-0.39, 0.29) is 11.7 Å². The predicted octanol–water partition coefficient (Wildman–Crippen LogP) is 2.70. The van der Waals surface area contributed by atoms with Gasteiger partial charge in [-0.05, 0) is 42.8 Å². The highest BCUT2D eigenvalue weighted by Crippen LogP contribution is 2.31. The molecule has 1 N–H and O–H groups in total. The third-order valence-electron chi connectivity index (χ3n) is 5.21. The maximum absolute atomic E-state index is 13.1. The summed E-state index contributed by atoms with van der Waals surface area (Å²) in [7, 11) is 0. The van der Waals surface area contributed by atoms with Gasteiger partial charge in [0.15, 0.2) is 5.65 Å².